The van der Waals surface area contributed by atoms with Crippen molar-refractivity contribution in [3.05, 3.63) is 23.7 Å². The fourth-order valence-electron chi connectivity index (χ4n) is 1.09. The molecule has 0 saturated carbocycles. The number of aliphatic hydroxyl groups is 1. The Kier molecular flexibility index (Phi) is 4.07. The number of aryl methyl sites for hydroxylation is 1. The van der Waals surface area contributed by atoms with E-state index >= 15 is 0 Å². The lowest BCUT2D eigenvalue weighted by molar-refractivity contribution is -0.146. The van der Waals surface area contributed by atoms with Gasteiger partial charge in [-0.2, -0.15) is 0 Å². The lowest BCUT2D eigenvalue weighted by Gasteiger charge is -2.05. The molecular weight excluding hydrogens is 214 g/mol. The van der Waals surface area contributed by atoms with Crippen molar-refractivity contribution in [2.45, 2.75) is 19.4 Å². The molecule has 0 bridgehead atoms. The van der Waals surface area contributed by atoms with E-state index in [9.17, 15) is 9.59 Å². The van der Waals surface area contributed by atoms with Crippen molar-refractivity contribution in [2.75, 3.05) is 6.54 Å². The second kappa shape index (κ2) is 5.32. The molecule has 0 aliphatic carbocycles. The zero-order chi connectivity index (χ0) is 12.1. The van der Waals surface area contributed by atoms with Gasteiger partial charge < -0.3 is 19.9 Å². The topological polar surface area (TPSA) is 99.8 Å². The molecule has 1 aromatic heterocycles. The van der Waals surface area contributed by atoms with Gasteiger partial charge in [-0.05, 0) is 19.1 Å². The molecule has 88 valence electrons. The number of amides is 1. The smallest absolute Gasteiger partial charge is 0.332 e. The van der Waals surface area contributed by atoms with E-state index in [0.717, 1.165) is 0 Å². The summed E-state index contributed by atoms with van der Waals surface area (Å²) in [5.41, 5.74) is 0. The first-order chi connectivity index (χ1) is 7.50. The van der Waals surface area contributed by atoms with Crippen molar-refractivity contribution in [3.63, 3.8) is 0 Å². The Balaban J connectivity index is 2.34. The van der Waals surface area contributed by atoms with E-state index in [1.165, 1.54) is 6.07 Å². The SMILES string of the molecule is Cc1ccc(C(=O)NCC[C@H](O)C(=O)O)o1. The van der Waals surface area contributed by atoms with Crippen LogP contribution < -0.4 is 5.32 Å². The van der Waals surface area contributed by atoms with Crippen LogP contribution in [0.2, 0.25) is 0 Å². The lowest BCUT2D eigenvalue weighted by atomic mass is 10.2. The van der Waals surface area contributed by atoms with E-state index in [2.05, 4.69) is 5.32 Å². The van der Waals surface area contributed by atoms with Crippen LogP contribution in [-0.4, -0.2) is 34.7 Å². The largest absolute Gasteiger partial charge is 0.479 e. The number of rotatable bonds is 5. The van der Waals surface area contributed by atoms with Crippen LogP contribution in [0.25, 0.3) is 0 Å². The van der Waals surface area contributed by atoms with Gasteiger partial charge in [-0.25, -0.2) is 4.79 Å². The third-order valence-electron chi connectivity index (χ3n) is 1.95. The third kappa shape index (κ3) is 3.39. The minimum Gasteiger partial charge on any atom is -0.479 e. The molecule has 6 nitrogen and oxygen atoms in total. The molecule has 0 aliphatic rings. The first-order valence-electron chi connectivity index (χ1n) is 4.76. The highest BCUT2D eigenvalue weighted by Crippen LogP contribution is 2.05. The van der Waals surface area contributed by atoms with E-state index in [1.54, 1.807) is 13.0 Å². The van der Waals surface area contributed by atoms with Crippen molar-refractivity contribution < 1.29 is 24.2 Å². The number of carboxylic acids is 1. The summed E-state index contributed by atoms with van der Waals surface area (Å²) in [6, 6.07) is 3.18. The first-order valence-corrected chi connectivity index (χ1v) is 4.76. The Morgan fingerprint density at radius 2 is 2.19 bits per heavy atom. The number of carbonyl (C=O) groups is 2. The quantitative estimate of drug-likeness (QED) is 0.665. The highest BCUT2D eigenvalue weighted by molar-refractivity contribution is 5.91. The molecule has 0 aromatic carbocycles. The van der Waals surface area contributed by atoms with E-state index < -0.39 is 18.0 Å². The molecule has 1 atom stereocenters. The summed E-state index contributed by atoms with van der Waals surface area (Å²) in [6.07, 6.45) is -1.50. The monoisotopic (exact) mass is 227 g/mol. The molecule has 3 N–H and O–H groups in total. The van der Waals surface area contributed by atoms with Crippen LogP contribution in [0.1, 0.15) is 22.7 Å². The van der Waals surface area contributed by atoms with Crippen LogP contribution in [0, 0.1) is 6.92 Å². The van der Waals surface area contributed by atoms with Crippen molar-refractivity contribution in [1.82, 2.24) is 5.32 Å². The van der Waals surface area contributed by atoms with Gasteiger partial charge in [0.2, 0.25) is 0 Å². The van der Waals surface area contributed by atoms with E-state index in [1.807, 2.05) is 0 Å². The van der Waals surface area contributed by atoms with Crippen molar-refractivity contribution in [2.24, 2.45) is 0 Å². The Morgan fingerprint density at radius 3 is 2.69 bits per heavy atom. The molecule has 1 heterocycles. The van der Waals surface area contributed by atoms with Crippen LogP contribution in [0.15, 0.2) is 16.5 Å². The van der Waals surface area contributed by atoms with E-state index in [-0.39, 0.29) is 18.7 Å². The normalized spacial score (nSPS) is 12.1. The maximum atomic E-state index is 11.4. The number of aliphatic hydroxyl groups excluding tert-OH is 1. The maximum Gasteiger partial charge on any atom is 0.332 e. The molecule has 1 aromatic rings. The molecule has 1 amide bonds. The average molecular weight is 227 g/mol. The van der Waals surface area contributed by atoms with Crippen molar-refractivity contribution >= 4 is 11.9 Å². The lowest BCUT2D eigenvalue weighted by Crippen LogP contribution is -2.29. The molecule has 1 rings (SSSR count). The van der Waals surface area contributed by atoms with Gasteiger partial charge in [0.15, 0.2) is 11.9 Å². The van der Waals surface area contributed by atoms with Crippen molar-refractivity contribution in [1.29, 1.82) is 0 Å². The zero-order valence-electron chi connectivity index (χ0n) is 8.77. The minimum absolute atomic E-state index is 0.0409. The molecule has 6 heteroatoms. The van der Waals surface area contributed by atoms with E-state index in [0.29, 0.717) is 5.76 Å². The molecular formula is C10H13NO5. The van der Waals surface area contributed by atoms with Gasteiger partial charge in [0.25, 0.3) is 5.91 Å². The fraction of sp³-hybridized carbons (Fsp3) is 0.400. The predicted octanol–water partition coefficient (Wildman–Crippen LogP) is 0.153. The van der Waals surface area contributed by atoms with Crippen LogP contribution in [0.5, 0.6) is 0 Å². The maximum absolute atomic E-state index is 11.4. The number of hydrogen-bond acceptors (Lipinski definition) is 4. The van der Waals surface area contributed by atoms with Crippen LogP contribution >= 0.6 is 0 Å². The molecule has 0 aliphatic heterocycles. The van der Waals surface area contributed by atoms with Crippen LogP contribution in [0.3, 0.4) is 0 Å². The molecule has 0 radical (unpaired) electrons. The fourth-order valence-corrected chi connectivity index (χ4v) is 1.09. The molecule has 0 unspecified atom stereocenters. The van der Waals surface area contributed by atoms with Gasteiger partial charge in [0.1, 0.15) is 5.76 Å². The van der Waals surface area contributed by atoms with Gasteiger partial charge in [0, 0.05) is 13.0 Å². The minimum atomic E-state index is -1.46. The number of hydrogen-bond donors (Lipinski definition) is 3. The van der Waals surface area contributed by atoms with Gasteiger partial charge in [-0.15, -0.1) is 0 Å². The van der Waals surface area contributed by atoms with Crippen molar-refractivity contribution in [3.8, 4) is 0 Å². The standard InChI is InChI=1S/C10H13NO5/c1-6-2-3-8(16-6)9(13)11-5-4-7(12)10(14)15/h2-3,7,12H,4-5H2,1H3,(H,11,13)(H,14,15)/t7-/m0/s1. The third-order valence-corrected chi connectivity index (χ3v) is 1.95. The number of nitrogens with one attached hydrogen (secondary N) is 1. The Morgan fingerprint density at radius 1 is 1.50 bits per heavy atom. The summed E-state index contributed by atoms with van der Waals surface area (Å²) in [5, 5.41) is 19.8. The highest BCUT2D eigenvalue weighted by atomic mass is 16.4. The van der Waals surface area contributed by atoms with Crippen LogP contribution in [-0.2, 0) is 4.79 Å². The molecule has 16 heavy (non-hydrogen) atoms. The van der Waals surface area contributed by atoms with Gasteiger partial charge in [-0.3, -0.25) is 4.79 Å². The molecule has 0 fully saturated rings. The Hall–Kier alpha value is -1.82. The highest BCUT2D eigenvalue weighted by Gasteiger charge is 2.14. The van der Waals surface area contributed by atoms with Gasteiger partial charge in [0.05, 0.1) is 0 Å². The summed E-state index contributed by atoms with van der Waals surface area (Å²) in [7, 11) is 0. The number of furan rings is 1. The summed E-state index contributed by atoms with van der Waals surface area (Å²) < 4.78 is 5.06. The van der Waals surface area contributed by atoms with Crippen LogP contribution in [0.4, 0.5) is 0 Å². The first kappa shape index (κ1) is 12.3. The summed E-state index contributed by atoms with van der Waals surface area (Å²) in [4.78, 5) is 21.6. The number of aliphatic carboxylic acids is 1. The number of carboxylic acid groups (broad SMARTS) is 1. The summed E-state index contributed by atoms with van der Waals surface area (Å²) in [6.45, 7) is 1.79. The second-order valence-electron chi connectivity index (χ2n) is 3.31. The summed E-state index contributed by atoms with van der Waals surface area (Å²) in [5.74, 6) is -0.938. The Bertz CT molecular complexity index is 384. The predicted molar refractivity (Wildman–Crippen MR) is 54.0 cm³/mol. The second-order valence-corrected chi connectivity index (χ2v) is 3.31. The summed E-state index contributed by atoms with van der Waals surface area (Å²) >= 11 is 0. The van der Waals surface area contributed by atoms with Gasteiger partial charge in [-0.1, -0.05) is 0 Å². The van der Waals surface area contributed by atoms with E-state index in [4.69, 9.17) is 14.6 Å². The zero-order valence-corrected chi connectivity index (χ0v) is 8.77. The van der Waals surface area contributed by atoms with Gasteiger partial charge >= 0.3 is 5.97 Å². The number of carbonyl (C=O) groups excluding carboxylic acids is 1. The Labute approximate surface area is 91.9 Å². The molecule has 0 saturated heterocycles. The molecule has 0 spiro atoms. The average Bonchev–Trinajstić information content (AvgIpc) is 2.64.